The normalized spacial score (nSPS) is 19.3. The molecule has 1 unspecified atom stereocenters. The molecular formula is C11H10BrClN2O3. The molecule has 7 heteroatoms. The number of alkyl halides is 1. The van der Waals surface area contributed by atoms with Crippen LogP contribution in [0.2, 0.25) is 5.02 Å². The molecule has 1 aromatic rings. The van der Waals surface area contributed by atoms with Crippen molar-refractivity contribution in [1.82, 2.24) is 0 Å². The Morgan fingerprint density at radius 1 is 1.56 bits per heavy atom. The third-order valence-corrected chi connectivity index (χ3v) is 4.08. The lowest BCUT2D eigenvalue weighted by Gasteiger charge is -2.17. The van der Waals surface area contributed by atoms with Crippen LogP contribution in [0.3, 0.4) is 0 Å². The number of amides is 1. The molecule has 1 atom stereocenters. The highest BCUT2D eigenvalue weighted by atomic mass is 79.9. The van der Waals surface area contributed by atoms with Crippen molar-refractivity contribution in [3.05, 3.63) is 33.3 Å². The van der Waals surface area contributed by atoms with Crippen molar-refractivity contribution in [1.29, 1.82) is 0 Å². The summed E-state index contributed by atoms with van der Waals surface area (Å²) in [6.45, 7) is 0.453. The predicted molar refractivity (Wildman–Crippen MR) is 72.4 cm³/mol. The van der Waals surface area contributed by atoms with Crippen LogP contribution in [0.25, 0.3) is 0 Å². The summed E-state index contributed by atoms with van der Waals surface area (Å²) >= 11 is 9.32. The third-order valence-electron chi connectivity index (χ3n) is 2.86. The van der Waals surface area contributed by atoms with E-state index < -0.39 is 4.92 Å². The Hall–Kier alpha value is -1.14. The highest BCUT2D eigenvalue weighted by Crippen LogP contribution is 2.38. The number of carbonyl (C=O) groups is 1. The monoisotopic (exact) mass is 332 g/mol. The van der Waals surface area contributed by atoms with Gasteiger partial charge in [0.1, 0.15) is 5.69 Å². The largest absolute Gasteiger partial charge is 0.305 e. The van der Waals surface area contributed by atoms with Crippen LogP contribution < -0.4 is 4.90 Å². The van der Waals surface area contributed by atoms with Crippen molar-refractivity contribution in [3.63, 3.8) is 0 Å². The highest BCUT2D eigenvalue weighted by Gasteiger charge is 2.34. The van der Waals surface area contributed by atoms with Gasteiger partial charge in [0, 0.05) is 24.4 Å². The Morgan fingerprint density at radius 2 is 2.28 bits per heavy atom. The minimum absolute atomic E-state index is 0.129. The van der Waals surface area contributed by atoms with E-state index in [4.69, 9.17) is 11.6 Å². The fourth-order valence-electron chi connectivity index (χ4n) is 2.02. The van der Waals surface area contributed by atoms with E-state index in [0.29, 0.717) is 18.3 Å². The first-order chi connectivity index (χ1) is 8.54. The molecule has 0 saturated carbocycles. The van der Waals surface area contributed by atoms with E-state index in [1.54, 1.807) is 6.07 Å². The average Bonchev–Trinajstić information content (AvgIpc) is 2.70. The second-order valence-electron chi connectivity index (χ2n) is 4.09. The van der Waals surface area contributed by atoms with Gasteiger partial charge in [0.2, 0.25) is 5.91 Å². The van der Waals surface area contributed by atoms with Crippen LogP contribution in [-0.4, -0.2) is 22.7 Å². The van der Waals surface area contributed by atoms with Gasteiger partial charge in [0.25, 0.3) is 5.69 Å². The lowest BCUT2D eigenvalue weighted by Crippen LogP contribution is -2.25. The van der Waals surface area contributed by atoms with Gasteiger partial charge in [-0.15, -0.1) is 0 Å². The number of nitro groups is 1. The molecule has 0 aliphatic carbocycles. The van der Waals surface area contributed by atoms with Gasteiger partial charge in [0.05, 0.1) is 9.95 Å². The van der Waals surface area contributed by atoms with Gasteiger partial charge < -0.3 is 4.90 Å². The number of anilines is 1. The number of halogens is 2. The van der Waals surface area contributed by atoms with Crippen LogP contribution >= 0.6 is 27.5 Å². The lowest BCUT2D eigenvalue weighted by molar-refractivity contribution is -0.384. The topological polar surface area (TPSA) is 63.5 Å². The molecule has 0 radical (unpaired) electrons. The van der Waals surface area contributed by atoms with Gasteiger partial charge in [-0.25, -0.2) is 0 Å². The zero-order chi connectivity index (χ0) is 13.3. The molecule has 1 aromatic carbocycles. The summed E-state index contributed by atoms with van der Waals surface area (Å²) in [5.41, 5.74) is 0.0729. The number of nitro benzene ring substituents is 1. The maximum absolute atomic E-state index is 11.9. The van der Waals surface area contributed by atoms with Crippen molar-refractivity contribution in [2.45, 2.75) is 6.42 Å². The predicted octanol–water partition coefficient (Wildman–Crippen LogP) is 3.00. The molecule has 0 bridgehead atoms. The van der Waals surface area contributed by atoms with E-state index in [1.165, 1.54) is 17.0 Å². The van der Waals surface area contributed by atoms with E-state index in [1.807, 2.05) is 0 Å². The molecule has 1 aliphatic rings. The fraction of sp³-hybridized carbons (Fsp3) is 0.364. The Kier molecular flexibility index (Phi) is 3.87. The first-order valence-electron chi connectivity index (χ1n) is 5.33. The van der Waals surface area contributed by atoms with Crippen molar-refractivity contribution in [2.75, 3.05) is 16.8 Å². The summed E-state index contributed by atoms with van der Waals surface area (Å²) < 4.78 is 0. The molecule has 1 aliphatic heterocycles. The van der Waals surface area contributed by atoms with Crippen molar-refractivity contribution in [2.24, 2.45) is 5.92 Å². The maximum Gasteiger partial charge on any atom is 0.294 e. The summed E-state index contributed by atoms with van der Waals surface area (Å²) in [4.78, 5) is 23.8. The average molecular weight is 334 g/mol. The standard InChI is InChI=1S/C11H10BrClN2O3/c12-5-7-4-10(16)14(6-7)11-8(13)2-1-3-9(11)15(17)18/h1-3,7H,4-6H2. The Morgan fingerprint density at radius 3 is 2.83 bits per heavy atom. The number of carbonyl (C=O) groups excluding carboxylic acids is 1. The second kappa shape index (κ2) is 5.24. The summed E-state index contributed by atoms with van der Waals surface area (Å²) in [6.07, 6.45) is 0.383. The molecule has 18 heavy (non-hydrogen) atoms. The van der Waals surface area contributed by atoms with Crippen molar-refractivity contribution in [3.8, 4) is 0 Å². The van der Waals surface area contributed by atoms with E-state index in [9.17, 15) is 14.9 Å². The SMILES string of the molecule is O=C1CC(CBr)CN1c1c(Cl)cccc1[N+](=O)[O-]. The number of rotatable bonds is 3. The minimum Gasteiger partial charge on any atom is -0.305 e. The quantitative estimate of drug-likeness (QED) is 0.485. The fourth-order valence-corrected chi connectivity index (χ4v) is 2.72. The van der Waals surface area contributed by atoms with E-state index >= 15 is 0 Å². The number of hydrogen-bond acceptors (Lipinski definition) is 3. The van der Waals surface area contributed by atoms with Gasteiger partial charge >= 0.3 is 0 Å². The van der Waals surface area contributed by atoms with Crippen LogP contribution in [0.4, 0.5) is 11.4 Å². The minimum atomic E-state index is -0.518. The molecule has 2 rings (SSSR count). The van der Waals surface area contributed by atoms with Gasteiger partial charge in [-0.1, -0.05) is 33.6 Å². The Balaban J connectivity index is 2.45. The van der Waals surface area contributed by atoms with Crippen LogP contribution in [0.5, 0.6) is 0 Å². The summed E-state index contributed by atoms with van der Waals surface area (Å²) in [7, 11) is 0. The summed E-state index contributed by atoms with van der Waals surface area (Å²) in [5, 5.41) is 11.9. The van der Waals surface area contributed by atoms with Crippen LogP contribution in [0.15, 0.2) is 18.2 Å². The molecule has 5 nitrogen and oxygen atoms in total. The molecule has 0 spiro atoms. The molecule has 0 N–H and O–H groups in total. The first kappa shape index (κ1) is 13.3. The van der Waals surface area contributed by atoms with Crippen LogP contribution in [0.1, 0.15) is 6.42 Å². The van der Waals surface area contributed by atoms with E-state index in [-0.39, 0.29) is 28.2 Å². The number of hydrogen-bond donors (Lipinski definition) is 0. The van der Waals surface area contributed by atoms with E-state index in [2.05, 4.69) is 15.9 Å². The molecule has 1 fully saturated rings. The number of para-hydroxylation sites is 1. The Labute approximate surface area is 117 Å². The third kappa shape index (κ3) is 2.35. The van der Waals surface area contributed by atoms with Gasteiger partial charge in [0.15, 0.2) is 0 Å². The smallest absolute Gasteiger partial charge is 0.294 e. The van der Waals surface area contributed by atoms with Crippen molar-refractivity contribution < 1.29 is 9.72 Å². The lowest BCUT2D eigenvalue weighted by atomic mass is 10.2. The zero-order valence-electron chi connectivity index (χ0n) is 9.31. The van der Waals surface area contributed by atoms with Crippen LogP contribution in [0, 0.1) is 16.0 Å². The van der Waals surface area contributed by atoms with Gasteiger partial charge in [-0.3, -0.25) is 14.9 Å². The number of nitrogens with zero attached hydrogens (tertiary/aromatic N) is 2. The molecule has 96 valence electrons. The highest BCUT2D eigenvalue weighted by molar-refractivity contribution is 9.09. The number of benzene rings is 1. The molecule has 1 saturated heterocycles. The first-order valence-corrected chi connectivity index (χ1v) is 6.83. The molecule has 1 amide bonds. The molecular weight excluding hydrogens is 323 g/mol. The summed E-state index contributed by atoms with van der Waals surface area (Å²) in [6, 6.07) is 4.42. The van der Waals surface area contributed by atoms with Gasteiger partial charge in [-0.2, -0.15) is 0 Å². The van der Waals surface area contributed by atoms with Gasteiger partial charge in [-0.05, 0) is 12.0 Å². The molecule has 1 heterocycles. The van der Waals surface area contributed by atoms with E-state index in [0.717, 1.165) is 0 Å². The zero-order valence-corrected chi connectivity index (χ0v) is 11.6. The molecule has 0 aromatic heterocycles. The second-order valence-corrected chi connectivity index (χ2v) is 5.15. The summed E-state index contributed by atoms with van der Waals surface area (Å²) in [5.74, 6) is 0.0315. The maximum atomic E-state index is 11.9. The Bertz CT molecular complexity index is 509. The van der Waals surface area contributed by atoms with Crippen LogP contribution in [-0.2, 0) is 4.79 Å². The van der Waals surface area contributed by atoms with Crippen molar-refractivity contribution >= 4 is 44.8 Å².